The van der Waals surface area contributed by atoms with Crippen molar-refractivity contribution < 1.29 is 23.1 Å². The van der Waals surface area contributed by atoms with Crippen molar-refractivity contribution in [2.45, 2.75) is 52.5 Å². The minimum atomic E-state index is -2.94. The van der Waals surface area contributed by atoms with E-state index in [9.17, 15) is 18.4 Å². The number of carbonyl (C=O) groups excluding carboxylic acids is 2. The van der Waals surface area contributed by atoms with Crippen LogP contribution in [-0.4, -0.2) is 29.3 Å². The third-order valence-corrected chi connectivity index (χ3v) is 3.48. The summed E-state index contributed by atoms with van der Waals surface area (Å²) >= 11 is 0. The smallest absolute Gasteiger partial charge is 0.278 e. The Morgan fingerprint density at radius 3 is 2.59 bits per heavy atom. The molecular weight excluding hydrogens is 382 g/mol. The van der Waals surface area contributed by atoms with Gasteiger partial charge in [-0.25, -0.2) is 13.8 Å². The normalized spacial score (nSPS) is 12.4. The minimum absolute atomic E-state index is 0.0756. The molecule has 1 rings (SSSR count). The molecule has 0 unspecified atom stereocenters. The predicted octanol–water partition coefficient (Wildman–Crippen LogP) is 2.78. The van der Waals surface area contributed by atoms with Crippen LogP contribution in [0.2, 0.25) is 0 Å². The van der Waals surface area contributed by atoms with Crippen LogP contribution in [0.4, 0.5) is 8.78 Å². The van der Waals surface area contributed by atoms with E-state index in [1.54, 1.807) is 12.1 Å². The zero-order valence-electron chi connectivity index (χ0n) is 16.9. The highest BCUT2D eigenvalue weighted by atomic mass is 19.3. The summed E-state index contributed by atoms with van der Waals surface area (Å²) in [7, 11) is 0. The molecule has 0 radical (unpaired) electrons. The molecule has 0 aromatic carbocycles. The molecule has 1 heterocycles. The number of halogens is 2. The van der Waals surface area contributed by atoms with Crippen LogP contribution < -0.4 is 21.1 Å². The predicted molar refractivity (Wildman–Crippen MR) is 106 cm³/mol. The molecule has 160 valence electrons. The second-order valence-corrected chi connectivity index (χ2v) is 6.51. The zero-order chi connectivity index (χ0) is 21.9. The number of hydrogen-bond donors (Lipinski definition) is 3. The second-order valence-electron chi connectivity index (χ2n) is 6.51. The molecule has 4 N–H and O–H groups in total. The molecule has 9 heteroatoms. The summed E-state index contributed by atoms with van der Waals surface area (Å²) in [5.74, 6) is -3.36. The number of nitrogens with two attached hydrogens (primary N) is 1. The first kappa shape index (κ1) is 24.1. The highest BCUT2D eigenvalue weighted by Crippen LogP contribution is 2.15. The van der Waals surface area contributed by atoms with Gasteiger partial charge >= 0.3 is 0 Å². The van der Waals surface area contributed by atoms with Crippen molar-refractivity contribution in [3.8, 4) is 5.88 Å². The lowest BCUT2D eigenvalue weighted by molar-refractivity contribution is -0.120. The maximum Gasteiger partial charge on any atom is 0.278 e. The summed E-state index contributed by atoms with van der Waals surface area (Å²) < 4.78 is 30.5. The van der Waals surface area contributed by atoms with Gasteiger partial charge < -0.3 is 21.1 Å². The van der Waals surface area contributed by atoms with Crippen molar-refractivity contribution in [3.63, 3.8) is 0 Å². The van der Waals surface area contributed by atoms with E-state index in [1.165, 1.54) is 18.3 Å². The lowest BCUT2D eigenvalue weighted by atomic mass is 10.2. The number of allylic oxidation sites excluding steroid dienone is 1. The molecule has 1 aromatic heterocycles. The van der Waals surface area contributed by atoms with Crippen molar-refractivity contribution >= 4 is 11.8 Å². The summed E-state index contributed by atoms with van der Waals surface area (Å²) in [6, 6.07) is 3.08. The fraction of sp³-hybridized carbons (Fsp3) is 0.450. The van der Waals surface area contributed by atoms with Crippen LogP contribution >= 0.6 is 0 Å². The molecule has 0 aliphatic carbocycles. The number of ether oxygens (including phenoxy) is 1. The summed E-state index contributed by atoms with van der Waals surface area (Å²) in [6.45, 7) is 3.92. The summed E-state index contributed by atoms with van der Waals surface area (Å²) in [5, 5.41) is 5.25. The van der Waals surface area contributed by atoms with Crippen molar-refractivity contribution in [2.75, 3.05) is 6.61 Å². The molecule has 0 saturated heterocycles. The topological polar surface area (TPSA) is 106 Å². The monoisotopic (exact) mass is 410 g/mol. The van der Waals surface area contributed by atoms with Crippen LogP contribution in [0.1, 0.15) is 45.6 Å². The van der Waals surface area contributed by atoms with Gasteiger partial charge in [0.05, 0.1) is 0 Å². The van der Waals surface area contributed by atoms with E-state index in [0.29, 0.717) is 30.4 Å². The van der Waals surface area contributed by atoms with Gasteiger partial charge in [-0.3, -0.25) is 9.59 Å². The van der Waals surface area contributed by atoms with Gasteiger partial charge in [-0.1, -0.05) is 26.0 Å². The first-order valence-corrected chi connectivity index (χ1v) is 9.35. The number of nitrogens with zero attached hydrogens (tertiary/aromatic N) is 1. The molecule has 0 aliphatic rings. The van der Waals surface area contributed by atoms with Gasteiger partial charge in [-0.05, 0) is 24.5 Å². The lowest BCUT2D eigenvalue weighted by Gasteiger charge is -2.11. The van der Waals surface area contributed by atoms with Gasteiger partial charge in [-0.2, -0.15) is 0 Å². The van der Waals surface area contributed by atoms with E-state index >= 15 is 0 Å². The second kappa shape index (κ2) is 11.8. The van der Waals surface area contributed by atoms with E-state index in [-0.39, 0.29) is 30.1 Å². The number of amides is 2. The Bertz CT molecular complexity index is 741. The van der Waals surface area contributed by atoms with Gasteiger partial charge in [-0.15, -0.1) is 0 Å². The van der Waals surface area contributed by atoms with Crippen molar-refractivity contribution in [3.05, 3.63) is 47.4 Å². The summed E-state index contributed by atoms with van der Waals surface area (Å²) in [5.41, 5.74) is 6.77. The molecule has 7 nitrogen and oxygen atoms in total. The van der Waals surface area contributed by atoms with Crippen LogP contribution in [0.25, 0.3) is 0 Å². The van der Waals surface area contributed by atoms with Gasteiger partial charge in [0.2, 0.25) is 11.8 Å². The summed E-state index contributed by atoms with van der Waals surface area (Å²) in [6.07, 6.45) is 6.17. The highest BCUT2D eigenvalue weighted by Gasteiger charge is 2.22. The largest absolute Gasteiger partial charge is 0.471 e. The number of rotatable bonds is 11. The molecule has 0 bridgehead atoms. The minimum Gasteiger partial charge on any atom is -0.471 e. The van der Waals surface area contributed by atoms with E-state index < -0.39 is 12.5 Å². The maximum absolute atomic E-state index is 12.8. The van der Waals surface area contributed by atoms with Crippen LogP contribution in [0, 0.1) is 0 Å². The Labute approximate surface area is 169 Å². The zero-order valence-corrected chi connectivity index (χ0v) is 16.9. The molecule has 0 aliphatic heterocycles. The molecule has 0 saturated carbocycles. The number of aromatic nitrogens is 1. The number of pyridine rings is 1. The van der Waals surface area contributed by atoms with E-state index in [2.05, 4.69) is 15.6 Å². The van der Waals surface area contributed by atoms with Crippen LogP contribution in [-0.2, 0) is 16.1 Å². The van der Waals surface area contributed by atoms with Crippen LogP contribution in [0.15, 0.2) is 41.9 Å². The molecule has 2 amide bonds. The molecule has 1 aromatic rings. The number of hydrogen-bond acceptors (Lipinski definition) is 5. The molecular formula is C20H28F2N4O3. The first-order chi connectivity index (χ1) is 13.6. The van der Waals surface area contributed by atoms with Crippen LogP contribution in [0.3, 0.4) is 0 Å². The van der Waals surface area contributed by atoms with E-state index in [0.717, 1.165) is 6.92 Å². The average Bonchev–Trinajstić information content (AvgIpc) is 2.64. The molecule has 0 atom stereocenters. The number of nitrogens with one attached hydrogen (secondary N) is 2. The Hall–Kier alpha value is -2.97. The summed E-state index contributed by atoms with van der Waals surface area (Å²) in [4.78, 5) is 27.9. The standard InChI is InChI=1S/C20H28F2N4O3/c1-4-6-15(10-16(23)26-17(27)7-5-2)19(28)25-12-14-8-9-18(24-11-14)29-13-20(3,21)22/h6,8-11H,4-5,7,12-13,23H2,1-3H3,(H,25,28)(H,26,27)/b15-6+,16-10+. The van der Waals surface area contributed by atoms with Crippen molar-refractivity contribution in [1.82, 2.24) is 15.6 Å². The Kier molecular flexibility index (Phi) is 9.78. The third kappa shape index (κ3) is 10.2. The van der Waals surface area contributed by atoms with Crippen molar-refractivity contribution in [2.24, 2.45) is 5.73 Å². The molecule has 29 heavy (non-hydrogen) atoms. The Balaban J connectivity index is 2.65. The van der Waals surface area contributed by atoms with Gasteiger partial charge in [0.1, 0.15) is 5.82 Å². The fourth-order valence-corrected chi connectivity index (χ4v) is 2.18. The number of carbonyl (C=O) groups is 2. The SMILES string of the molecule is CC/C=C(\C=C(/N)NC(=O)CCC)C(=O)NCc1ccc(OCC(C)(F)F)nc1. The van der Waals surface area contributed by atoms with E-state index in [1.807, 2.05) is 13.8 Å². The molecule has 0 fully saturated rings. The third-order valence-electron chi connectivity index (χ3n) is 3.48. The highest BCUT2D eigenvalue weighted by molar-refractivity contribution is 5.96. The molecule has 0 spiro atoms. The van der Waals surface area contributed by atoms with Crippen molar-refractivity contribution in [1.29, 1.82) is 0 Å². The lowest BCUT2D eigenvalue weighted by Crippen LogP contribution is -2.29. The van der Waals surface area contributed by atoms with Crippen LogP contribution in [0.5, 0.6) is 5.88 Å². The van der Waals surface area contributed by atoms with Gasteiger partial charge in [0.15, 0.2) is 6.61 Å². The van der Waals surface area contributed by atoms with E-state index in [4.69, 9.17) is 10.5 Å². The Morgan fingerprint density at radius 2 is 2.03 bits per heavy atom. The first-order valence-electron chi connectivity index (χ1n) is 9.35. The van der Waals surface area contributed by atoms with Gasteiger partial charge in [0, 0.05) is 37.7 Å². The fourth-order valence-electron chi connectivity index (χ4n) is 2.18. The maximum atomic E-state index is 12.8. The Morgan fingerprint density at radius 1 is 1.31 bits per heavy atom. The number of alkyl halides is 2. The quantitative estimate of drug-likeness (QED) is 0.384. The average molecular weight is 410 g/mol. The van der Waals surface area contributed by atoms with Gasteiger partial charge in [0.25, 0.3) is 11.8 Å².